The van der Waals surface area contributed by atoms with Gasteiger partial charge < -0.3 is 5.73 Å². The maximum absolute atomic E-state index is 10.1. The number of nitrogens with two attached hydrogens (primary N) is 1. The molecule has 3 heteroatoms. The minimum Gasteiger partial charge on any atom is -0.402 e. The molecule has 0 saturated carbocycles. The Morgan fingerprint density at radius 3 is 1.88 bits per heavy atom. The van der Waals surface area contributed by atoms with Crippen LogP contribution in [-0.2, 0) is 4.79 Å². The van der Waals surface area contributed by atoms with Gasteiger partial charge in [-0.2, -0.15) is 0 Å². The van der Waals surface area contributed by atoms with Crippen LogP contribution < -0.4 is 5.73 Å². The minimum absolute atomic E-state index is 0. The zero-order valence-electron chi connectivity index (χ0n) is 5.56. The van der Waals surface area contributed by atoms with Crippen LogP contribution in [0.25, 0.3) is 0 Å². The van der Waals surface area contributed by atoms with E-state index in [1.54, 1.807) is 6.92 Å². The van der Waals surface area contributed by atoms with Gasteiger partial charge in [0.05, 0.1) is 0 Å². The van der Waals surface area contributed by atoms with Gasteiger partial charge in [-0.15, -0.1) is 0 Å². The van der Waals surface area contributed by atoms with E-state index < -0.39 is 0 Å². The second-order valence-electron chi connectivity index (χ2n) is 1.50. The molecule has 41 valence electrons. The number of rotatable bonds is 1. The largest absolute Gasteiger partial charge is 0.402 e. The Balaban J connectivity index is 0. The Morgan fingerprint density at radius 2 is 1.88 bits per heavy atom. The zero-order valence-corrected chi connectivity index (χ0v) is 7.56. The quantitative estimate of drug-likeness (QED) is 0.394. The summed E-state index contributed by atoms with van der Waals surface area (Å²) in [6.45, 7) is 3.15. The molecule has 1 radical (unpaired) electrons. The van der Waals surface area contributed by atoms with E-state index >= 15 is 0 Å². The van der Waals surface area contributed by atoms with Crippen LogP contribution in [-0.4, -0.2) is 35.3 Å². The van der Waals surface area contributed by atoms with Crippen molar-refractivity contribution in [2.24, 2.45) is 5.73 Å². The maximum atomic E-state index is 10.1. The predicted octanol–water partition coefficient (Wildman–Crippen LogP) is 0.0571. The van der Waals surface area contributed by atoms with E-state index in [1.165, 1.54) is 13.0 Å². The van der Waals surface area contributed by atoms with Gasteiger partial charge in [-0.25, -0.2) is 0 Å². The Bertz CT molecular complexity index is 105. The summed E-state index contributed by atoms with van der Waals surface area (Å²) in [6.07, 6.45) is 1.39. The van der Waals surface area contributed by atoms with Crippen molar-refractivity contribution in [1.29, 1.82) is 0 Å². The molecule has 0 spiro atoms. The summed E-state index contributed by atoms with van der Waals surface area (Å²) in [7, 11) is 0. The van der Waals surface area contributed by atoms with Crippen molar-refractivity contribution < 1.29 is 4.79 Å². The van der Waals surface area contributed by atoms with Crippen LogP contribution >= 0.6 is 0 Å². The van der Waals surface area contributed by atoms with Crippen LogP contribution in [0.2, 0.25) is 0 Å². The molecule has 0 aromatic rings. The molecule has 0 aromatic carbocycles. The fourth-order valence-electron chi connectivity index (χ4n) is 0.321. The number of carbonyl (C=O) groups excluding carboxylic acids is 1. The molecule has 0 unspecified atom stereocenters. The van der Waals surface area contributed by atoms with Crippen LogP contribution in [0.1, 0.15) is 13.8 Å². The molecule has 0 heterocycles. The van der Waals surface area contributed by atoms with Crippen LogP contribution in [0.3, 0.4) is 0 Å². The SMILES string of the molecule is CC(=O)C=C(C)N.[Na]. The Morgan fingerprint density at radius 1 is 1.50 bits per heavy atom. The van der Waals surface area contributed by atoms with Crippen molar-refractivity contribution >= 4 is 35.3 Å². The van der Waals surface area contributed by atoms with E-state index in [9.17, 15) is 4.79 Å². The van der Waals surface area contributed by atoms with Crippen LogP contribution in [0.5, 0.6) is 0 Å². The first-order chi connectivity index (χ1) is 3.13. The van der Waals surface area contributed by atoms with Crippen molar-refractivity contribution in [2.75, 3.05) is 0 Å². The molecule has 0 aromatic heterocycles. The Labute approximate surface area is 71.4 Å². The maximum Gasteiger partial charge on any atom is 0.154 e. The monoisotopic (exact) mass is 122 g/mol. The number of hydrogen-bond donors (Lipinski definition) is 1. The fraction of sp³-hybridized carbons (Fsp3) is 0.400. The summed E-state index contributed by atoms with van der Waals surface area (Å²) in [5.41, 5.74) is 5.70. The predicted molar refractivity (Wildman–Crippen MR) is 34.4 cm³/mol. The van der Waals surface area contributed by atoms with Gasteiger partial charge in [0.1, 0.15) is 0 Å². The van der Waals surface area contributed by atoms with Crippen LogP contribution in [0, 0.1) is 0 Å². The number of carbonyl (C=O) groups is 1. The number of ketones is 1. The van der Waals surface area contributed by atoms with Gasteiger partial charge in [0.15, 0.2) is 5.78 Å². The third kappa shape index (κ3) is 9.51. The van der Waals surface area contributed by atoms with Gasteiger partial charge in [-0.05, 0) is 19.9 Å². The fourth-order valence-corrected chi connectivity index (χ4v) is 0.321. The standard InChI is InChI=1S/C5H9NO.Na/c1-4(6)3-5(2)7;/h3H,6H2,1-2H3;. The molecule has 2 nitrogen and oxygen atoms in total. The summed E-state index contributed by atoms with van der Waals surface area (Å²) in [5, 5.41) is 0. The van der Waals surface area contributed by atoms with Gasteiger partial charge in [0.2, 0.25) is 0 Å². The average Bonchev–Trinajstić information content (AvgIpc) is 1.27. The first-order valence-corrected chi connectivity index (χ1v) is 2.07. The minimum atomic E-state index is 0. The van der Waals surface area contributed by atoms with Crippen LogP contribution in [0.4, 0.5) is 0 Å². The van der Waals surface area contributed by atoms with E-state index in [2.05, 4.69) is 0 Å². The average molecular weight is 122 g/mol. The molecule has 0 aliphatic carbocycles. The molecule has 8 heavy (non-hydrogen) atoms. The Kier molecular flexibility index (Phi) is 7.40. The number of hydrogen-bond acceptors (Lipinski definition) is 2. The Hall–Kier alpha value is 0.210. The van der Waals surface area contributed by atoms with Gasteiger partial charge in [0.25, 0.3) is 0 Å². The van der Waals surface area contributed by atoms with E-state index in [4.69, 9.17) is 5.73 Å². The third-order valence-corrected chi connectivity index (χ3v) is 0.431. The van der Waals surface area contributed by atoms with E-state index in [-0.39, 0.29) is 35.3 Å². The van der Waals surface area contributed by atoms with Crippen molar-refractivity contribution in [2.45, 2.75) is 13.8 Å². The van der Waals surface area contributed by atoms with E-state index in [1.807, 2.05) is 0 Å². The summed E-state index contributed by atoms with van der Waals surface area (Å²) in [5.74, 6) is 0.000000000000000444. The molecule has 2 N–H and O–H groups in total. The molecule has 0 aliphatic rings. The topological polar surface area (TPSA) is 43.1 Å². The second kappa shape index (κ2) is 5.35. The summed E-state index contributed by atoms with van der Waals surface area (Å²) >= 11 is 0. The molecule has 0 atom stereocenters. The first kappa shape index (κ1) is 11.1. The molecule has 0 saturated heterocycles. The zero-order chi connectivity index (χ0) is 5.86. The second-order valence-corrected chi connectivity index (χ2v) is 1.50. The van der Waals surface area contributed by atoms with Crippen molar-refractivity contribution in [3.63, 3.8) is 0 Å². The van der Waals surface area contributed by atoms with Crippen LogP contribution in [0.15, 0.2) is 11.8 Å². The van der Waals surface area contributed by atoms with Crippen molar-refractivity contribution in [3.8, 4) is 0 Å². The number of allylic oxidation sites excluding steroid dienone is 2. The van der Waals surface area contributed by atoms with Crippen molar-refractivity contribution in [1.82, 2.24) is 0 Å². The molecule has 0 aliphatic heterocycles. The van der Waals surface area contributed by atoms with E-state index in [0.29, 0.717) is 5.70 Å². The van der Waals surface area contributed by atoms with Crippen molar-refractivity contribution in [3.05, 3.63) is 11.8 Å². The summed E-state index contributed by atoms with van der Waals surface area (Å²) in [4.78, 5) is 10.1. The normalized spacial score (nSPS) is 10.0. The molecule has 0 fully saturated rings. The molecule has 0 rings (SSSR count). The smallest absolute Gasteiger partial charge is 0.154 e. The van der Waals surface area contributed by atoms with Gasteiger partial charge in [0, 0.05) is 35.3 Å². The molecule has 0 amide bonds. The van der Waals surface area contributed by atoms with Gasteiger partial charge in [-0.1, -0.05) is 0 Å². The molecular formula is C5H9NNaO. The van der Waals surface area contributed by atoms with E-state index in [0.717, 1.165) is 0 Å². The first-order valence-electron chi connectivity index (χ1n) is 2.07. The molecular weight excluding hydrogens is 113 g/mol. The summed E-state index contributed by atoms with van der Waals surface area (Å²) in [6, 6.07) is 0. The van der Waals surface area contributed by atoms with Gasteiger partial charge >= 0.3 is 0 Å². The summed E-state index contributed by atoms with van der Waals surface area (Å²) < 4.78 is 0. The van der Waals surface area contributed by atoms with Gasteiger partial charge in [-0.3, -0.25) is 4.79 Å². The molecule has 0 bridgehead atoms. The third-order valence-electron chi connectivity index (χ3n) is 0.431.